The molecule has 0 amide bonds. The highest BCUT2D eigenvalue weighted by Crippen LogP contribution is 2.31. The minimum Gasteiger partial charge on any atom is -0.491 e. The zero-order chi connectivity index (χ0) is 22.2. The Bertz CT molecular complexity index is 1450. The molecule has 5 rings (SSSR count). The van der Waals surface area contributed by atoms with Gasteiger partial charge in [-0.15, -0.1) is 0 Å². The van der Waals surface area contributed by atoms with Gasteiger partial charge in [0.2, 0.25) is 0 Å². The fourth-order valence-electron chi connectivity index (χ4n) is 4.14. The standard InChI is InChI=1S/C28H23NO3/c1-18(2)32-25-12-8-20(9-13-25)22-10-14-26-23(15-22)17-27(28(30)31)29(26)24-11-7-19-5-3-4-6-21(19)16-24/h3-18H,1-2H3,(H,30,31). The second-order valence-corrected chi connectivity index (χ2v) is 8.17. The van der Waals surface area contributed by atoms with Crippen LogP contribution in [0, 0.1) is 0 Å². The first kappa shape index (κ1) is 19.9. The van der Waals surface area contributed by atoms with Crippen LogP contribution >= 0.6 is 0 Å². The molecule has 1 N–H and O–H groups in total. The molecule has 1 aromatic heterocycles. The number of hydrogen-bond donors (Lipinski definition) is 1. The molecule has 0 aliphatic carbocycles. The van der Waals surface area contributed by atoms with Crippen molar-refractivity contribution in [3.8, 4) is 22.6 Å². The molecular formula is C28H23NO3. The third-order valence-electron chi connectivity index (χ3n) is 5.57. The minimum absolute atomic E-state index is 0.126. The van der Waals surface area contributed by atoms with Gasteiger partial charge in [0.25, 0.3) is 0 Å². The van der Waals surface area contributed by atoms with Gasteiger partial charge in [0.15, 0.2) is 0 Å². The van der Waals surface area contributed by atoms with E-state index in [1.807, 2.05) is 97.3 Å². The molecule has 4 nitrogen and oxygen atoms in total. The number of ether oxygens (including phenoxy) is 1. The fourth-order valence-corrected chi connectivity index (χ4v) is 4.14. The lowest BCUT2D eigenvalue weighted by Crippen LogP contribution is -2.06. The van der Waals surface area contributed by atoms with Gasteiger partial charge in [-0.05, 0) is 78.2 Å². The van der Waals surface area contributed by atoms with Crippen molar-refractivity contribution >= 4 is 27.6 Å². The molecule has 32 heavy (non-hydrogen) atoms. The van der Waals surface area contributed by atoms with Crippen LogP contribution in [0.25, 0.3) is 38.5 Å². The largest absolute Gasteiger partial charge is 0.491 e. The van der Waals surface area contributed by atoms with E-state index < -0.39 is 5.97 Å². The van der Waals surface area contributed by atoms with Crippen LogP contribution in [0.15, 0.2) is 91.0 Å². The molecule has 158 valence electrons. The van der Waals surface area contributed by atoms with Crippen molar-refractivity contribution in [2.45, 2.75) is 20.0 Å². The lowest BCUT2D eigenvalue weighted by Gasteiger charge is -2.11. The van der Waals surface area contributed by atoms with Gasteiger partial charge in [0, 0.05) is 11.1 Å². The van der Waals surface area contributed by atoms with Crippen molar-refractivity contribution in [2.75, 3.05) is 0 Å². The number of carboxylic acids is 1. The lowest BCUT2D eigenvalue weighted by atomic mass is 10.0. The van der Waals surface area contributed by atoms with E-state index in [-0.39, 0.29) is 11.8 Å². The van der Waals surface area contributed by atoms with Crippen molar-refractivity contribution in [1.29, 1.82) is 0 Å². The van der Waals surface area contributed by atoms with Crippen LogP contribution < -0.4 is 4.74 Å². The van der Waals surface area contributed by atoms with Crippen molar-refractivity contribution in [2.24, 2.45) is 0 Å². The number of fused-ring (bicyclic) bond motifs is 2. The molecule has 0 fully saturated rings. The van der Waals surface area contributed by atoms with E-state index in [1.165, 1.54) is 0 Å². The van der Waals surface area contributed by atoms with Crippen molar-refractivity contribution in [3.05, 3.63) is 96.7 Å². The van der Waals surface area contributed by atoms with Gasteiger partial charge in [-0.3, -0.25) is 0 Å². The number of aromatic nitrogens is 1. The summed E-state index contributed by atoms with van der Waals surface area (Å²) in [4.78, 5) is 12.1. The molecule has 0 bridgehead atoms. The van der Waals surface area contributed by atoms with Crippen molar-refractivity contribution < 1.29 is 14.6 Å². The van der Waals surface area contributed by atoms with E-state index in [0.29, 0.717) is 0 Å². The Labute approximate surface area is 186 Å². The van der Waals surface area contributed by atoms with Crippen LogP contribution in [0.3, 0.4) is 0 Å². The van der Waals surface area contributed by atoms with Gasteiger partial charge >= 0.3 is 5.97 Å². The third kappa shape index (κ3) is 3.60. The van der Waals surface area contributed by atoms with E-state index in [9.17, 15) is 9.90 Å². The number of hydrogen-bond acceptors (Lipinski definition) is 2. The Kier molecular flexibility index (Phi) is 4.91. The average molecular weight is 421 g/mol. The Morgan fingerprint density at radius 1 is 0.781 bits per heavy atom. The maximum Gasteiger partial charge on any atom is 0.352 e. The van der Waals surface area contributed by atoms with Gasteiger partial charge < -0.3 is 14.4 Å². The van der Waals surface area contributed by atoms with Crippen LogP contribution in [0.2, 0.25) is 0 Å². The Morgan fingerprint density at radius 2 is 1.50 bits per heavy atom. The number of carboxylic acid groups (broad SMARTS) is 1. The van der Waals surface area contributed by atoms with Gasteiger partial charge in [0.05, 0.1) is 11.6 Å². The van der Waals surface area contributed by atoms with E-state index in [0.717, 1.165) is 44.2 Å². The van der Waals surface area contributed by atoms with Crippen LogP contribution in [0.4, 0.5) is 0 Å². The Hall–Kier alpha value is -4.05. The molecule has 0 unspecified atom stereocenters. The molecule has 0 atom stereocenters. The van der Waals surface area contributed by atoms with Gasteiger partial charge in [-0.25, -0.2) is 4.79 Å². The third-order valence-corrected chi connectivity index (χ3v) is 5.57. The summed E-state index contributed by atoms with van der Waals surface area (Å²) >= 11 is 0. The van der Waals surface area contributed by atoms with E-state index in [4.69, 9.17) is 4.74 Å². The maximum atomic E-state index is 12.1. The highest BCUT2D eigenvalue weighted by Gasteiger charge is 2.17. The van der Waals surface area contributed by atoms with Gasteiger partial charge in [0.1, 0.15) is 11.4 Å². The first-order chi connectivity index (χ1) is 15.5. The summed E-state index contributed by atoms with van der Waals surface area (Å²) in [7, 11) is 0. The summed E-state index contributed by atoms with van der Waals surface area (Å²) in [5, 5.41) is 13.0. The number of carbonyl (C=O) groups is 1. The van der Waals surface area contributed by atoms with E-state index in [1.54, 1.807) is 6.07 Å². The highest BCUT2D eigenvalue weighted by molar-refractivity contribution is 5.98. The summed E-state index contributed by atoms with van der Waals surface area (Å²) in [6.45, 7) is 4.00. The van der Waals surface area contributed by atoms with Crippen LogP contribution in [0.1, 0.15) is 24.3 Å². The average Bonchev–Trinajstić information content (AvgIpc) is 3.18. The zero-order valence-corrected chi connectivity index (χ0v) is 17.9. The molecule has 0 aliphatic rings. The topological polar surface area (TPSA) is 51.5 Å². The number of aromatic carboxylic acids is 1. The monoisotopic (exact) mass is 421 g/mol. The molecule has 0 saturated heterocycles. The number of nitrogens with zero attached hydrogens (tertiary/aromatic N) is 1. The summed E-state index contributed by atoms with van der Waals surface area (Å²) in [6.07, 6.45) is 0.126. The molecule has 4 aromatic carbocycles. The van der Waals surface area contributed by atoms with Gasteiger partial charge in [-0.1, -0.05) is 48.5 Å². The molecule has 5 aromatic rings. The second kappa shape index (κ2) is 7.89. The number of rotatable bonds is 5. The Balaban J connectivity index is 1.61. The molecule has 0 aliphatic heterocycles. The fraction of sp³-hybridized carbons (Fsp3) is 0.107. The normalized spacial score (nSPS) is 11.3. The van der Waals surface area contributed by atoms with E-state index in [2.05, 4.69) is 6.07 Å². The summed E-state index contributed by atoms with van der Waals surface area (Å²) in [5.41, 5.74) is 4.02. The first-order valence-electron chi connectivity index (χ1n) is 10.6. The van der Waals surface area contributed by atoms with Crippen LogP contribution in [-0.4, -0.2) is 21.7 Å². The molecule has 4 heteroatoms. The molecule has 1 heterocycles. The summed E-state index contributed by atoms with van der Waals surface area (Å²) < 4.78 is 7.54. The molecule has 0 radical (unpaired) electrons. The molecule has 0 saturated carbocycles. The minimum atomic E-state index is -0.953. The number of benzene rings is 4. The van der Waals surface area contributed by atoms with Gasteiger partial charge in [-0.2, -0.15) is 0 Å². The molecular weight excluding hydrogens is 398 g/mol. The van der Waals surface area contributed by atoms with Crippen molar-refractivity contribution in [1.82, 2.24) is 4.57 Å². The highest BCUT2D eigenvalue weighted by atomic mass is 16.5. The second-order valence-electron chi connectivity index (χ2n) is 8.17. The smallest absolute Gasteiger partial charge is 0.352 e. The van der Waals surface area contributed by atoms with Crippen LogP contribution in [0.5, 0.6) is 5.75 Å². The SMILES string of the molecule is CC(C)Oc1ccc(-c2ccc3c(c2)cc(C(=O)O)n3-c2ccc3ccccc3c2)cc1. The Morgan fingerprint density at radius 3 is 2.22 bits per heavy atom. The zero-order valence-electron chi connectivity index (χ0n) is 17.9. The van der Waals surface area contributed by atoms with Crippen molar-refractivity contribution in [3.63, 3.8) is 0 Å². The first-order valence-corrected chi connectivity index (χ1v) is 10.6. The predicted molar refractivity (Wildman–Crippen MR) is 129 cm³/mol. The van der Waals surface area contributed by atoms with E-state index >= 15 is 0 Å². The van der Waals surface area contributed by atoms with Crippen LogP contribution in [-0.2, 0) is 0 Å². The quantitative estimate of drug-likeness (QED) is 0.334. The lowest BCUT2D eigenvalue weighted by molar-refractivity contribution is 0.0688. The molecule has 0 spiro atoms. The maximum absolute atomic E-state index is 12.1. The predicted octanol–water partition coefficient (Wildman–Crippen LogP) is 6.94. The summed E-state index contributed by atoms with van der Waals surface area (Å²) in [6, 6.07) is 29.9. The summed E-state index contributed by atoms with van der Waals surface area (Å²) in [5.74, 6) is -0.119.